The number of hydrogen-bond acceptors (Lipinski definition) is 3. The molecule has 4 N–H and O–H groups in total. The topological polar surface area (TPSA) is 55.3 Å². The van der Waals surface area contributed by atoms with Gasteiger partial charge in [0, 0.05) is 6.54 Å². The van der Waals surface area contributed by atoms with Gasteiger partial charge in [-0.3, -0.25) is 4.90 Å². The molecule has 0 aliphatic carbocycles. The second kappa shape index (κ2) is 15.7. The highest BCUT2D eigenvalue weighted by molar-refractivity contribution is 6.02. The molecule has 0 saturated carbocycles. The van der Waals surface area contributed by atoms with E-state index in [1.165, 1.54) is 39.9 Å². The van der Waals surface area contributed by atoms with Crippen LogP contribution < -0.4 is 11.5 Å². The fourth-order valence-corrected chi connectivity index (χ4v) is 3.91. The van der Waals surface area contributed by atoms with E-state index in [1.54, 1.807) is 0 Å². The third-order valence-corrected chi connectivity index (χ3v) is 5.37. The summed E-state index contributed by atoms with van der Waals surface area (Å²) >= 11 is 0. The SMILES string of the molecule is Cl.Cl.Cl.NCCCCCN(CCCCN)Cc1c2ccccc2cc2ccccc12. The molecular formula is C24H36Cl3N3. The Morgan fingerprint density at radius 3 is 1.60 bits per heavy atom. The van der Waals surface area contributed by atoms with Crippen LogP contribution in [0.15, 0.2) is 54.6 Å². The number of benzene rings is 3. The van der Waals surface area contributed by atoms with Crippen LogP contribution in [0, 0.1) is 0 Å². The van der Waals surface area contributed by atoms with Crippen LogP contribution in [0.2, 0.25) is 0 Å². The fourth-order valence-electron chi connectivity index (χ4n) is 3.91. The molecule has 0 spiro atoms. The minimum absolute atomic E-state index is 0. The summed E-state index contributed by atoms with van der Waals surface area (Å²) in [5.74, 6) is 0. The number of halogens is 3. The van der Waals surface area contributed by atoms with Gasteiger partial charge in [0.05, 0.1) is 0 Å². The molecule has 6 heteroatoms. The van der Waals surface area contributed by atoms with Gasteiger partial charge in [-0.2, -0.15) is 0 Å². The highest BCUT2D eigenvalue weighted by atomic mass is 35.5. The molecular weight excluding hydrogens is 437 g/mol. The number of nitrogens with two attached hydrogens (primary N) is 2. The first-order valence-electron chi connectivity index (χ1n) is 10.4. The van der Waals surface area contributed by atoms with E-state index in [2.05, 4.69) is 59.5 Å². The Morgan fingerprint density at radius 1 is 0.600 bits per heavy atom. The molecule has 3 aromatic rings. The molecule has 3 aromatic carbocycles. The summed E-state index contributed by atoms with van der Waals surface area (Å²) in [4.78, 5) is 2.61. The van der Waals surface area contributed by atoms with E-state index >= 15 is 0 Å². The molecule has 0 aliphatic heterocycles. The van der Waals surface area contributed by atoms with Crippen molar-refractivity contribution >= 4 is 58.8 Å². The second-order valence-electron chi connectivity index (χ2n) is 7.42. The average molecular weight is 473 g/mol. The lowest BCUT2D eigenvalue weighted by molar-refractivity contribution is 0.256. The normalized spacial score (nSPS) is 10.5. The summed E-state index contributed by atoms with van der Waals surface area (Å²) < 4.78 is 0. The predicted molar refractivity (Wildman–Crippen MR) is 140 cm³/mol. The molecule has 0 heterocycles. The molecule has 30 heavy (non-hydrogen) atoms. The van der Waals surface area contributed by atoms with Gasteiger partial charge in [0.15, 0.2) is 0 Å². The molecule has 0 aromatic heterocycles. The van der Waals surface area contributed by atoms with Crippen LogP contribution >= 0.6 is 37.2 Å². The van der Waals surface area contributed by atoms with Gasteiger partial charge in [-0.1, -0.05) is 55.0 Å². The second-order valence-corrected chi connectivity index (χ2v) is 7.42. The van der Waals surface area contributed by atoms with Crippen LogP contribution in [0.4, 0.5) is 0 Å². The molecule has 168 valence electrons. The number of fused-ring (bicyclic) bond motifs is 2. The summed E-state index contributed by atoms with van der Waals surface area (Å²) in [6, 6.07) is 19.9. The maximum atomic E-state index is 5.72. The highest BCUT2D eigenvalue weighted by Crippen LogP contribution is 2.29. The zero-order valence-electron chi connectivity index (χ0n) is 17.6. The van der Waals surface area contributed by atoms with Crippen LogP contribution in [0.3, 0.4) is 0 Å². The van der Waals surface area contributed by atoms with Crippen molar-refractivity contribution in [2.75, 3.05) is 26.2 Å². The fraction of sp³-hybridized carbons (Fsp3) is 0.417. The number of unbranched alkanes of at least 4 members (excludes halogenated alkanes) is 3. The first kappa shape index (κ1) is 28.9. The summed E-state index contributed by atoms with van der Waals surface area (Å²) in [5, 5.41) is 5.41. The summed E-state index contributed by atoms with van der Waals surface area (Å²) in [6.45, 7) is 4.80. The first-order chi connectivity index (χ1) is 13.3. The van der Waals surface area contributed by atoms with Crippen molar-refractivity contribution in [1.29, 1.82) is 0 Å². The quantitative estimate of drug-likeness (QED) is 0.269. The number of hydrogen-bond donors (Lipinski definition) is 2. The van der Waals surface area contributed by atoms with Crippen LogP contribution in [0.5, 0.6) is 0 Å². The lowest BCUT2D eigenvalue weighted by atomic mass is 9.96. The van der Waals surface area contributed by atoms with Crippen molar-refractivity contribution in [2.24, 2.45) is 11.5 Å². The molecule has 0 bridgehead atoms. The zero-order chi connectivity index (χ0) is 18.9. The van der Waals surface area contributed by atoms with E-state index in [0.29, 0.717) is 0 Å². The predicted octanol–water partition coefficient (Wildman–Crippen LogP) is 5.93. The van der Waals surface area contributed by atoms with Crippen LogP contribution in [-0.4, -0.2) is 31.1 Å². The van der Waals surface area contributed by atoms with Gasteiger partial charge >= 0.3 is 0 Å². The Hall–Kier alpha value is -1.07. The van der Waals surface area contributed by atoms with Crippen molar-refractivity contribution in [3.63, 3.8) is 0 Å². The maximum Gasteiger partial charge on any atom is 0.0246 e. The summed E-state index contributed by atoms with van der Waals surface area (Å²) in [5.41, 5.74) is 12.8. The molecule has 0 unspecified atom stereocenters. The maximum absolute atomic E-state index is 5.72. The molecule has 3 rings (SSSR count). The lowest BCUT2D eigenvalue weighted by Crippen LogP contribution is -2.26. The summed E-state index contributed by atoms with van der Waals surface area (Å²) in [6.07, 6.45) is 5.79. The Kier molecular flexibility index (Phi) is 15.1. The van der Waals surface area contributed by atoms with E-state index < -0.39 is 0 Å². The van der Waals surface area contributed by atoms with Crippen LogP contribution in [0.25, 0.3) is 21.5 Å². The third-order valence-electron chi connectivity index (χ3n) is 5.37. The molecule has 0 amide bonds. The van der Waals surface area contributed by atoms with Gasteiger partial charge < -0.3 is 11.5 Å². The van der Waals surface area contributed by atoms with E-state index in [0.717, 1.165) is 52.0 Å². The van der Waals surface area contributed by atoms with Crippen LogP contribution in [-0.2, 0) is 6.54 Å². The Morgan fingerprint density at radius 2 is 1.07 bits per heavy atom. The van der Waals surface area contributed by atoms with Crippen molar-refractivity contribution in [1.82, 2.24) is 4.90 Å². The van der Waals surface area contributed by atoms with Gasteiger partial charge in [-0.05, 0) is 85.0 Å². The molecule has 0 fully saturated rings. The largest absolute Gasteiger partial charge is 0.330 e. The van der Waals surface area contributed by atoms with Crippen molar-refractivity contribution in [3.05, 3.63) is 60.2 Å². The van der Waals surface area contributed by atoms with Gasteiger partial charge in [-0.25, -0.2) is 0 Å². The molecule has 0 aliphatic rings. The Bertz CT molecular complexity index is 803. The zero-order valence-corrected chi connectivity index (χ0v) is 20.0. The van der Waals surface area contributed by atoms with Gasteiger partial charge in [-0.15, -0.1) is 37.2 Å². The number of rotatable bonds is 11. The first-order valence-corrected chi connectivity index (χ1v) is 10.4. The van der Waals surface area contributed by atoms with Gasteiger partial charge in [0.1, 0.15) is 0 Å². The minimum Gasteiger partial charge on any atom is -0.330 e. The molecule has 0 radical (unpaired) electrons. The molecule has 3 nitrogen and oxygen atoms in total. The highest BCUT2D eigenvalue weighted by Gasteiger charge is 2.12. The Balaban J connectivity index is 0.00000280. The monoisotopic (exact) mass is 471 g/mol. The van der Waals surface area contributed by atoms with Crippen LogP contribution in [0.1, 0.15) is 37.7 Å². The minimum atomic E-state index is 0. The van der Waals surface area contributed by atoms with E-state index in [4.69, 9.17) is 11.5 Å². The summed E-state index contributed by atoms with van der Waals surface area (Å²) in [7, 11) is 0. The Labute approximate surface area is 199 Å². The van der Waals surface area contributed by atoms with Crippen molar-refractivity contribution < 1.29 is 0 Å². The van der Waals surface area contributed by atoms with Crippen molar-refractivity contribution in [2.45, 2.75) is 38.6 Å². The van der Waals surface area contributed by atoms with Gasteiger partial charge in [0.25, 0.3) is 0 Å². The van der Waals surface area contributed by atoms with Crippen molar-refractivity contribution in [3.8, 4) is 0 Å². The van der Waals surface area contributed by atoms with E-state index in [9.17, 15) is 0 Å². The smallest absolute Gasteiger partial charge is 0.0246 e. The van der Waals surface area contributed by atoms with E-state index in [1.807, 2.05) is 0 Å². The van der Waals surface area contributed by atoms with Gasteiger partial charge in [0.2, 0.25) is 0 Å². The lowest BCUT2D eigenvalue weighted by Gasteiger charge is -2.24. The van der Waals surface area contributed by atoms with E-state index in [-0.39, 0.29) is 37.2 Å². The third kappa shape index (κ3) is 7.88. The standard InChI is InChI=1S/C24H33N3.3ClH/c25-14-6-1-8-16-27(17-9-7-15-26)19-24-22-12-4-2-10-20(22)18-21-11-3-5-13-23(21)24;;;/h2-5,10-13,18H,1,6-9,14-17,19,25-26H2;3*1H. The molecule has 0 saturated heterocycles. The average Bonchev–Trinajstić information content (AvgIpc) is 2.70. The number of nitrogens with zero attached hydrogens (tertiary/aromatic N) is 1. The molecule has 0 atom stereocenters.